The Kier molecular flexibility index (Phi) is 5.33. The Labute approximate surface area is 190 Å². The normalized spacial score (nSPS) is 46.9. The minimum Gasteiger partial charge on any atom is -0.393 e. The van der Waals surface area contributed by atoms with Gasteiger partial charge in [-0.3, -0.25) is 0 Å². The molecule has 2 nitrogen and oxygen atoms in total. The van der Waals surface area contributed by atoms with Crippen LogP contribution in [0.3, 0.4) is 0 Å². The van der Waals surface area contributed by atoms with Gasteiger partial charge in [0.2, 0.25) is 0 Å². The topological polar surface area (TPSA) is 40.5 Å². The van der Waals surface area contributed by atoms with Crippen LogP contribution in [0.1, 0.15) is 70.8 Å². The van der Waals surface area contributed by atoms with Gasteiger partial charge in [-0.15, -0.1) is 0 Å². The molecule has 4 fully saturated rings. The number of aliphatic hydroxyl groups excluding tert-OH is 2. The van der Waals surface area contributed by atoms with Crippen molar-refractivity contribution in [2.24, 2.45) is 34.5 Å². The first kappa shape index (κ1) is 21.3. The molecule has 164 valence electrons. The second-order valence-electron chi connectivity index (χ2n) is 11.1. The Hall–Kier alpha value is -0.540. The van der Waals surface area contributed by atoms with Gasteiger partial charge < -0.3 is 10.2 Å². The Bertz CT molecular complexity index is 867. The van der Waals surface area contributed by atoms with E-state index in [1.54, 1.807) is 0 Å². The molecule has 1 aromatic rings. The van der Waals surface area contributed by atoms with Crippen LogP contribution in [0.2, 0.25) is 10.0 Å². The summed E-state index contributed by atoms with van der Waals surface area (Å²) >= 11 is 12.7. The standard InChI is InChI=1S/C26H34Cl2O2/c1-25-10-8-18(29)14-17(25)6-7-19-20(25)9-11-26(2)21(19)13-16(24(26)30)12-15-4-3-5-22(27)23(15)28/h3-5,12,17-21,24,29-30H,6-11,13-14H2,1-2H3/b16-12-/t17-,18-,19-,20+,21+,24+,25-,26-/m0/s1. The summed E-state index contributed by atoms with van der Waals surface area (Å²) in [6.07, 6.45) is 10.4. The molecule has 0 aromatic heterocycles. The number of halogens is 2. The van der Waals surface area contributed by atoms with E-state index in [2.05, 4.69) is 19.9 Å². The maximum absolute atomic E-state index is 11.4. The van der Waals surface area contributed by atoms with Crippen LogP contribution in [-0.2, 0) is 0 Å². The molecule has 0 spiro atoms. The SMILES string of the molecule is C[C@]12CC[C@H](O)C[C@@H]1CC[C@H]1[C@H]2CC[C@]2(C)[C@H](O)/C(=C\c3cccc(Cl)c3Cl)C[C@H]12. The first-order valence-electron chi connectivity index (χ1n) is 11.7. The summed E-state index contributed by atoms with van der Waals surface area (Å²) in [5, 5.41) is 22.8. The summed E-state index contributed by atoms with van der Waals surface area (Å²) in [6, 6.07) is 5.72. The number of hydrogen-bond acceptors (Lipinski definition) is 2. The maximum atomic E-state index is 11.4. The Morgan fingerprint density at radius 3 is 2.53 bits per heavy atom. The average Bonchev–Trinajstić information content (AvgIpc) is 2.97. The molecule has 30 heavy (non-hydrogen) atoms. The van der Waals surface area contributed by atoms with E-state index in [1.165, 1.54) is 19.3 Å². The van der Waals surface area contributed by atoms with Crippen molar-refractivity contribution < 1.29 is 10.2 Å². The van der Waals surface area contributed by atoms with Crippen LogP contribution in [-0.4, -0.2) is 22.4 Å². The molecule has 0 amide bonds. The second-order valence-corrected chi connectivity index (χ2v) is 11.9. The first-order valence-corrected chi connectivity index (χ1v) is 12.5. The third-order valence-electron chi connectivity index (χ3n) is 9.83. The van der Waals surface area contributed by atoms with Gasteiger partial charge in [0.25, 0.3) is 0 Å². The predicted octanol–water partition coefficient (Wildman–Crippen LogP) is 6.75. The Morgan fingerprint density at radius 2 is 1.73 bits per heavy atom. The lowest BCUT2D eigenvalue weighted by atomic mass is 9.45. The highest BCUT2D eigenvalue weighted by Crippen LogP contribution is 2.67. The zero-order valence-electron chi connectivity index (χ0n) is 18.1. The lowest BCUT2D eigenvalue weighted by molar-refractivity contribution is -0.133. The van der Waals surface area contributed by atoms with Crippen LogP contribution in [0.5, 0.6) is 0 Å². The Morgan fingerprint density at radius 1 is 0.967 bits per heavy atom. The molecule has 0 bridgehead atoms. The number of fused-ring (bicyclic) bond motifs is 5. The number of hydrogen-bond donors (Lipinski definition) is 2. The quantitative estimate of drug-likeness (QED) is 0.498. The molecular formula is C26H34Cl2O2. The molecule has 4 aliphatic rings. The fourth-order valence-electron chi connectivity index (χ4n) is 8.07. The van der Waals surface area contributed by atoms with Crippen LogP contribution < -0.4 is 0 Å². The first-order chi connectivity index (χ1) is 14.2. The zero-order valence-corrected chi connectivity index (χ0v) is 19.6. The molecule has 0 aliphatic heterocycles. The van der Waals surface area contributed by atoms with Crippen LogP contribution in [0.15, 0.2) is 23.8 Å². The van der Waals surface area contributed by atoms with Crippen molar-refractivity contribution in [2.75, 3.05) is 0 Å². The van der Waals surface area contributed by atoms with Crippen molar-refractivity contribution in [2.45, 2.75) is 77.4 Å². The summed E-state index contributed by atoms with van der Waals surface area (Å²) in [7, 11) is 0. The van der Waals surface area contributed by atoms with E-state index >= 15 is 0 Å². The van der Waals surface area contributed by atoms with Gasteiger partial charge in [-0.05, 0) is 97.7 Å². The summed E-state index contributed by atoms with van der Waals surface area (Å²) < 4.78 is 0. The van der Waals surface area contributed by atoms with Gasteiger partial charge in [-0.1, -0.05) is 55.3 Å². The van der Waals surface area contributed by atoms with E-state index < -0.39 is 6.10 Å². The van der Waals surface area contributed by atoms with Crippen LogP contribution in [0.25, 0.3) is 6.08 Å². The molecule has 0 saturated heterocycles. The largest absolute Gasteiger partial charge is 0.393 e. The van der Waals surface area contributed by atoms with E-state index in [9.17, 15) is 10.2 Å². The highest BCUT2D eigenvalue weighted by Gasteiger charge is 2.61. The van der Waals surface area contributed by atoms with Crippen molar-refractivity contribution in [3.05, 3.63) is 39.4 Å². The fraction of sp³-hybridized carbons (Fsp3) is 0.692. The zero-order chi connectivity index (χ0) is 21.3. The smallest absolute Gasteiger partial charge is 0.0809 e. The molecule has 8 atom stereocenters. The van der Waals surface area contributed by atoms with E-state index in [0.29, 0.717) is 33.2 Å². The molecule has 4 aliphatic carbocycles. The summed E-state index contributed by atoms with van der Waals surface area (Å²) in [5.74, 6) is 2.59. The van der Waals surface area contributed by atoms with Crippen LogP contribution >= 0.6 is 23.2 Å². The molecule has 0 heterocycles. The van der Waals surface area contributed by atoms with Crippen molar-refractivity contribution in [3.63, 3.8) is 0 Å². The monoisotopic (exact) mass is 448 g/mol. The molecule has 2 N–H and O–H groups in total. The molecule has 0 radical (unpaired) electrons. The lowest BCUT2D eigenvalue weighted by Crippen LogP contribution is -2.54. The predicted molar refractivity (Wildman–Crippen MR) is 124 cm³/mol. The summed E-state index contributed by atoms with van der Waals surface area (Å²) in [6.45, 7) is 4.83. The second kappa shape index (κ2) is 7.51. The van der Waals surface area contributed by atoms with E-state index in [0.717, 1.165) is 49.2 Å². The molecular weight excluding hydrogens is 415 g/mol. The van der Waals surface area contributed by atoms with E-state index in [1.807, 2.05) is 18.2 Å². The van der Waals surface area contributed by atoms with Crippen LogP contribution in [0.4, 0.5) is 0 Å². The van der Waals surface area contributed by atoms with Crippen molar-refractivity contribution in [3.8, 4) is 0 Å². The van der Waals surface area contributed by atoms with Gasteiger partial charge in [-0.2, -0.15) is 0 Å². The number of benzene rings is 1. The molecule has 4 saturated carbocycles. The van der Waals surface area contributed by atoms with Gasteiger partial charge in [0.05, 0.1) is 22.3 Å². The van der Waals surface area contributed by atoms with Gasteiger partial charge in [0, 0.05) is 5.41 Å². The average molecular weight is 449 g/mol. The molecule has 0 unspecified atom stereocenters. The van der Waals surface area contributed by atoms with Crippen LogP contribution in [0, 0.1) is 34.5 Å². The third kappa shape index (κ3) is 3.12. The minimum absolute atomic E-state index is 0.0462. The Balaban J connectivity index is 1.46. The number of rotatable bonds is 1. The van der Waals surface area contributed by atoms with Gasteiger partial charge >= 0.3 is 0 Å². The van der Waals surface area contributed by atoms with Gasteiger partial charge in [-0.25, -0.2) is 0 Å². The summed E-state index contributed by atoms with van der Waals surface area (Å²) in [4.78, 5) is 0. The van der Waals surface area contributed by atoms with Crippen molar-refractivity contribution in [1.29, 1.82) is 0 Å². The lowest BCUT2D eigenvalue weighted by Gasteiger charge is -2.60. The fourth-order valence-corrected chi connectivity index (χ4v) is 8.43. The van der Waals surface area contributed by atoms with Crippen molar-refractivity contribution >= 4 is 29.3 Å². The van der Waals surface area contributed by atoms with Crippen molar-refractivity contribution in [1.82, 2.24) is 0 Å². The summed E-state index contributed by atoms with van der Waals surface area (Å²) in [5.41, 5.74) is 2.35. The number of aliphatic hydroxyl groups is 2. The molecule has 5 rings (SSSR count). The van der Waals surface area contributed by atoms with E-state index in [-0.39, 0.29) is 11.5 Å². The van der Waals surface area contributed by atoms with E-state index in [4.69, 9.17) is 23.2 Å². The van der Waals surface area contributed by atoms with Gasteiger partial charge in [0.15, 0.2) is 0 Å². The highest BCUT2D eigenvalue weighted by atomic mass is 35.5. The minimum atomic E-state index is -0.405. The third-order valence-corrected chi connectivity index (χ3v) is 10.7. The highest BCUT2D eigenvalue weighted by molar-refractivity contribution is 6.42. The molecule has 1 aromatic carbocycles. The molecule has 4 heteroatoms. The van der Waals surface area contributed by atoms with Gasteiger partial charge in [0.1, 0.15) is 0 Å². The maximum Gasteiger partial charge on any atom is 0.0809 e.